The minimum Gasteiger partial charge on any atom is -0.329 e. The topological polar surface area (TPSA) is 38.0 Å². The second-order valence-corrected chi connectivity index (χ2v) is 13.6. The first-order valence-corrected chi connectivity index (χ1v) is 16.2. The fraction of sp³-hybridized carbons (Fsp3) is 0.941. The van der Waals surface area contributed by atoms with Crippen LogP contribution >= 0.6 is 0 Å². The molecule has 0 spiro atoms. The van der Waals surface area contributed by atoms with Crippen LogP contribution in [0.5, 0.6) is 0 Å². The fourth-order valence-corrected chi connectivity index (χ4v) is 9.95. The molecule has 3 N–H and O–H groups in total. The molecule has 0 aromatic rings. The van der Waals surface area contributed by atoms with Crippen LogP contribution in [0.15, 0.2) is 12.2 Å². The molecule has 0 aromatic carbocycles. The number of fused-ring (bicyclic) bond motifs is 5. The van der Waals surface area contributed by atoms with Crippen molar-refractivity contribution in [3.8, 4) is 0 Å². The van der Waals surface area contributed by atoms with Gasteiger partial charge in [0.2, 0.25) is 0 Å². The Bertz CT molecular complexity index is 672. The smallest absolute Gasteiger partial charge is 0.00770 e. The zero-order valence-corrected chi connectivity index (χ0v) is 26.1. The van der Waals surface area contributed by atoms with Gasteiger partial charge in [-0.25, -0.2) is 0 Å². The number of allylic oxidation sites excluding steroid dienone is 1. The standard InChI is InChI=1S/C30H54N2.2C2H6/c1-21(2)9-7-10-23-11-8-12-26-25-19-22(3)30(6)20-24(32-18-17-31)13-16-29(30,5)27(25)14-15-28(23,26)4;2*1-2/h22-27,32H,1,7-20,31H2,2-6H3;2*1-2H3/t22?,23?,24?,25?,26?,27?,28?,29?,30-;;/m1../s1. The molecule has 4 aliphatic rings. The number of hydrogen-bond acceptors (Lipinski definition) is 2. The number of hydrogen-bond donors (Lipinski definition) is 2. The molecule has 4 aliphatic carbocycles. The summed E-state index contributed by atoms with van der Waals surface area (Å²) in [5.41, 5.74) is 8.77. The Morgan fingerprint density at radius 2 is 1.64 bits per heavy atom. The Labute approximate surface area is 227 Å². The van der Waals surface area contributed by atoms with Gasteiger partial charge in [0.05, 0.1) is 0 Å². The Hall–Kier alpha value is -0.340. The van der Waals surface area contributed by atoms with Crippen LogP contribution in [0, 0.1) is 45.8 Å². The number of rotatable bonds is 7. The van der Waals surface area contributed by atoms with Crippen molar-refractivity contribution in [3.63, 3.8) is 0 Å². The van der Waals surface area contributed by atoms with E-state index in [1.807, 2.05) is 27.7 Å². The third-order valence-corrected chi connectivity index (χ3v) is 12.1. The Kier molecular flexibility index (Phi) is 12.1. The molecule has 4 rings (SSSR count). The highest BCUT2D eigenvalue weighted by molar-refractivity contribution is 5.13. The van der Waals surface area contributed by atoms with Crippen molar-refractivity contribution < 1.29 is 0 Å². The van der Waals surface area contributed by atoms with Gasteiger partial charge in [-0.2, -0.15) is 0 Å². The quantitative estimate of drug-likeness (QED) is 0.340. The van der Waals surface area contributed by atoms with Gasteiger partial charge in [0, 0.05) is 19.1 Å². The predicted molar refractivity (Wildman–Crippen MR) is 161 cm³/mol. The van der Waals surface area contributed by atoms with Crippen molar-refractivity contribution in [2.45, 2.75) is 145 Å². The van der Waals surface area contributed by atoms with Crippen molar-refractivity contribution in [2.24, 2.45) is 51.6 Å². The highest BCUT2D eigenvalue weighted by Gasteiger charge is 2.64. The summed E-state index contributed by atoms with van der Waals surface area (Å²) in [6, 6.07) is 0.678. The molecular formula is C34H66N2. The first-order chi connectivity index (χ1) is 17.2. The van der Waals surface area contributed by atoms with Crippen LogP contribution in [0.1, 0.15) is 139 Å². The van der Waals surface area contributed by atoms with E-state index in [1.54, 1.807) is 0 Å². The SMILES string of the molecule is C=C(C)CCCC1CCCC2C3CC(C)[C@@]4(C)CC(NCCN)CCC4(C)C3CCC12C.CC.CC. The predicted octanol–water partition coefficient (Wildman–Crippen LogP) is 9.39. The Balaban J connectivity index is 0.00000109. The fourth-order valence-electron chi connectivity index (χ4n) is 9.95. The zero-order valence-electron chi connectivity index (χ0n) is 26.1. The summed E-state index contributed by atoms with van der Waals surface area (Å²) >= 11 is 0. The lowest BCUT2D eigenvalue weighted by molar-refractivity contribution is -0.197. The van der Waals surface area contributed by atoms with Crippen LogP contribution in [0.4, 0.5) is 0 Å². The summed E-state index contributed by atoms with van der Waals surface area (Å²) in [7, 11) is 0. The van der Waals surface area contributed by atoms with E-state index in [-0.39, 0.29) is 0 Å². The molecule has 2 heteroatoms. The molecule has 4 saturated carbocycles. The molecule has 0 radical (unpaired) electrons. The third kappa shape index (κ3) is 5.95. The number of nitrogens with one attached hydrogen (secondary N) is 1. The largest absolute Gasteiger partial charge is 0.329 e. The maximum Gasteiger partial charge on any atom is 0.00770 e. The molecule has 2 nitrogen and oxygen atoms in total. The van der Waals surface area contributed by atoms with Crippen molar-refractivity contribution in [2.75, 3.05) is 13.1 Å². The summed E-state index contributed by atoms with van der Waals surface area (Å²) in [6.45, 7) is 26.9. The van der Waals surface area contributed by atoms with Crippen molar-refractivity contribution in [1.82, 2.24) is 5.32 Å². The average molecular weight is 503 g/mol. The van der Waals surface area contributed by atoms with Crippen molar-refractivity contribution in [3.05, 3.63) is 12.2 Å². The van der Waals surface area contributed by atoms with Gasteiger partial charge in [-0.15, -0.1) is 6.58 Å². The monoisotopic (exact) mass is 503 g/mol. The maximum atomic E-state index is 5.82. The molecule has 36 heavy (non-hydrogen) atoms. The lowest BCUT2D eigenvalue weighted by Gasteiger charge is -2.69. The molecule has 0 heterocycles. The van der Waals surface area contributed by atoms with E-state index in [0.29, 0.717) is 22.3 Å². The van der Waals surface area contributed by atoms with Gasteiger partial charge in [0.15, 0.2) is 0 Å². The van der Waals surface area contributed by atoms with Gasteiger partial charge in [-0.05, 0) is 123 Å². The van der Waals surface area contributed by atoms with Crippen molar-refractivity contribution >= 4 is 0 Å². The molecule has 8 unspecified atom stereocenters. The van der Waals surface area contributed by atoms with Crippen LogP contribution in [0.3, 0.4) is 0 Å². The van der Waals surface area contributed by atoms with Gasteiger partial charge in [0.1, 0.15) is 0 Å². The molecule has 0 aliphatic heterocycles. The molecular weight excluding hydrogens is 436 g/mol. The molecule has 0 saturated heterocycles. The lowest BCUT2D eigenvalue weighted by Crippen LogP contribution is -2.63. The van der Waals surface area contributed by atoms with E-state index in [2.05, 4.69) is 46.5 Å². The van der Waals surface area contributed by atoms with Crippen LogP contribution in [0.2, 0.25) is 0 Å². The molecule has 0 bridgehead atoms. The van der Waals surface area contributed by atoms with E-state index >= 15 is 0 Å². The van der Waals surface area contributed by atoms with Gasteiger partial charge in [-0.3, -0.25) is 0 Å². The Morgan fingerprint density at radius 3 is 2.28 bits per heavy atom. The molecule has 4 fully saturated rings. The molecule has 212 valence electrons. The van der Waals surface area contributed by atoms with Gasteiger partial charge in [0.25, 0.3) is 0 Å². The first-order valence-electron chi connectivity index (χ1n) is 16.2. The summed E-state index contributed by atoms with van der Waals surface area (Å²) in [5.74, 6) is 4.68. The maximum absolute atomic E-state index is 5.82. The van der Waals surface area contributed by atoms with E-state index in [9.17, 15) is 0 Å². The average Bonchev–Trinajstić information content (AvgIpc) is 2.87. The van der Waals surface area contributed by atoms with E-state index in [4.69, 9.17) is 5.73 Å². The highest BCUT2D eigenvalue weighted by atomic mass is 14.9. The highest BCUT2D eigenvalue weighted by Crippen LogP contribution is 2.71. The molecule has 9 atom stereocenters. The zero-order chi connectivity index (χ0) is 27.1. The molecule has 0 aromatic heterocycles. The summed E-state index contributed by atoms with van der Waals surface area (Å²) in [6.07, 6.45) is 17.1. The third-order valence-electron chi connectivity index (χ3n) is 12.1. The lowest BCUT2D eigenvalue weighted by atomic mass is 9.36. The minimum atomic E-state index is 0.474. The molecule has 0 amide bonds. The van der Waals surface area contributed by atoms with Crippen molar-refractivity contribution in [1.29, 1.82) is 0 Å². The van der Waals surface area contributed by atoms with Crippen LogP contribution in [-0.2, 0) is 0 Å². The van der Waals surface area contributed by atoms with E-state index in [0.717, 1.165) is 42.7 Å². The van der Waals surface area contributed by atoms with Gasteiger partial charge in [-0.1, -0.05) is 67.4 Å². The number of nitrogens with two attached hydrogens (primary N) is 1. The van der Waals surface area contributed by atoms with Gasteiger partial charge >= 0.3 is 0 Å². The second-order valence-electron chi connectivity index (χ2n) is 13.6. The van der Waals surface area contributed by atoms with Crippen LogP contribution in [0.25, 0.3) is 0 Å². The minimum absolute atomic E-state index is 0.474. The van der Waals surface area contributed by atoms with Crippen LogP contribution < -0.4 is 11.1 Å². The first kappa shape index (κ1) is 31.9. The van der Waals surface area contributed by atoms with Gasteiger partial charge < -0.3 is 11.1 Å². The second kappa shape index (κ2) is 13.6. The summed E-state index contributed by atoms with van der Waals surface area (Å²) < 4.78 is 0. The normalized spacial score (nSPS) is 43.4. The van der Waals surface area contributed by atoms with Crippen LogP contribution in [-0.4, -0.2) is 19.1 Å². The van der Waals surface area contributed by atoms with E-state index < -0.39 is 0 Å². The summed E-state index contributed by atoms with van der Waals surface area (Å²) in [4.78, 5) is 0. The van der Waals surface area contributed by atoms with E-state index in [1.165, 1.54) is 82.6 Å². The summed E-state index contributed by atoms with van der Waals surface area (Å²) in [5, 5.41) is 3.79. The Morgan fingerprint density at radius 1 is 0.944 bits per heavy atom.